The third-order valence-corrected chi connectivity index (χ3v) is 2.88. The summed E-state index contributed by atoms with van der Waals surface area (Å²) < 4.78 is 0. The van der Waals surface area contributed by atoms with E-state index in [1.807, 2.05) is 13.8 Å². The lowest BCUT2D eigenvalue weighted by Gasteiger charge is -2.31. The molecule has 0 amide bonds. The van der Waals surface area contributed by atoms with Gasteiger partial charge in [-0.15, -0.1) is 0 Å². The summed E-state index contributed by atoms with van der Waals surface area (Å²) in [6.07, 6.45) is 0. The first kappa shape index (κ1) is 13.8. The Balaban J connectivity index is 0.000000686. The van der Waals surface area contributed by atoms with E-state index in [1.54, 1.807) is 0 Å². The molecule has 1 N–H and O–H groups in total. The predicted octanol–water partition coefficient (Wildman–Crippen LogP) is 2.90. The highest BCUT2D eigenvalue weighted by molar-refractivity contribution is 5.62. The Bertz CT molecular complexity index is 334. The van der Waals surface area contributed by atoms with Crippen LogP contribution in [0.1, 0.15) is 25.0 Å². The van der Waals surface area contributed by atoms with Gasteiger partial charge in [0.15, 0.2) is 0 Å². The van der Waals surface area contributed by atoms with E-state index in [2.05, 4.69) is 48.0 Å². The van der Waals surface area contributed by atoms with Crippen molar-refractivity contribution in [3.8, 4) is 0 Å². The molecule has 2 rings (SSSR count). The average Bonchev–Trinajstić information content (AvgIpc) is 2.42. The van der Waals surface area contributed by atoms with Gasteiger partial charge in [0.1, 0.15) is 0 Å². The second-order valence-corrected chi connectivity index (χ2v) is 4.05. The largest absolute Gasteiger partial charge is 0.369 e. The van der Waals surface area contributed by atoms with E-state index in [9.17, 15) is 0 Å². The monoisotopic (exact) mass is 232 g/mol. The van der Waals surface area contributed by atoms with Gasteiger partial charge < -0.3 is 10.2 Å². The zero-order valence-electron chi connectivity index (χ0n) is 11.3. The topological polar surface area (TPSA) is 15.3 Å². The molecule has 1 aliphatic rings. The Morgan fingerprint density at radius 1 is 1.12 bits per heavy atom. The molecule has 2 heteroatoms. The van der Waals surface area contributed by atoms with Crippen molar-refractivity contribution in [3.63, 3.8) is 0 Å². The van der Waals surface area contributed by atoms with Crippen LogP contribution >= 0.6 is 0 Å². The van der Waals surface area contributed by atoms with Crippen molar-refractivity contribution in [1.29, 1.82) is 0 Å². The number of benzene rings is 1. The normalized spacial score (nSPS) is 14.9. The maximum absolute atomic E-state index is 4.18. The van der Waals surface area contributed by atoms with Crippen LogP contribution in [0, 0.1) is 6.92 Å². The number of hydrogen-bond acceptors (Lipinski definition) is 2. The van der Waals surface area contributed by atoms with Gasteiger partial charge in [0.2, 0.25) is 0 Å². The SMILES string of the molecule is C=C(c1ccc(C)cc1)N1CCNCC1.CC. The van der Waals surface area contributed by atoms with Crippen LogP contribution in [0.4, 0.5) is 0 Å². The number of nitrogens with zero attached hydrogens (tertiary/aromatic N) is 1. The lowest BCUT2D eigenvalue weighted by Crippen LogP contribution is -2.42. The van der Waals surface area contributed by atoms with Gasteiger partial charge in [-0.3, -0.25) is 0 Å². The van der Waals surface area contributed by atoms with Crippen molar-refractivity contribution in [2.75, 3.05) is 26.2 Å². The summed E-state index contributed by atoms with van der Waals surface area (Å²) in [5.41, 5.74) is 3.69. The minimum Gasteiger partial charge on any atom is -0.369 e. The summed E-state index contributed by atoms with van der Waals surface area (Å²) in [5.74, 6) is 0. The van der Waals surface area contributed by atoms with Crippen LogP contribution in [0.3, 0.4) is 0 Å². The van der Waals surface area contributed by atoms with Gasteiger partial charge in [0.05, 0.1) is 0 Å². The fourth-order valence-corrected chi connectivity index (χ4v) is 1.86. The highest BCUT2D eigenvalue weighted by atomic mass is 15.2. The fourth-order valence-electron chi connectivity index (χ4n) is 1.86. The highest BCUT2D eigenvalue weighted by Crippen LogP contribution is 2.17. The number of hydrogen-bond donors (Lipinski definition) is 1. The average molecular weight is 232 g/mol. The standard InChI is InChI=1S/C13H18N2.C2H6/c1-11-3-5-13(6-4-11)12(2)15-9-7-14-8-10-15;1-2/h3-6,14H,2,7-10H2,1H3;1-2H3. The zero-order valence-corrected chi connectivity index (χ0v) is 11.3. The molecule has 1 fully saturated rings. The Hall–Kier alpha value is -1.28. The summed E-state index contributed by atoms with van der Waals surface area (Å²) in [6, 6.07) is 8.59. The molecule has 1 aliphatic heterocycles. The summed E-state index contributed by atoms with van der Waals surface area (Å²) in [5, 5.41) is 3.35. The molecule has 1 saturated heterocycles. The first-order chi connectivity index (χ1) is 8.27. The summed E-state index contributed by atoms with van der Waals surface area (Å²) in [7, 11) is 0. The Morgan fingerprint density at radius 2 is 1.65 bits per heavy atom. The number of rotatable bonds is 2. The van der Waals surface area contributed by atoms with Gasteiger partial charge in [0.25, 0.3) is 0 Å². The molecular formula is C15H24N2. The Kier molecular flexibility index (Phi) is 5.78. The zero-order chi connectivity index (χ0) is 12.7. The Morgan fingerprint density at radius 3 is 2.18 bits per heavy atom. The van der Waals surface area contributed by atoms with Crippen molar-refractivity contribution in [3.05, 3.63) is 42.0 Å². The number of nitrogens with one attached hydrogen (secondary N) is 1. The number of piperazine rings is 1. The van der Waals surface area contributed by atoms with E-state index in [1.165, 1.54) is 11.1 Å². The number of aryl methyl sites for hydroxylation is 1. The van der Waals surface area contributed by atoms with Crippen LogP contribution in [-0.2, 0) is 0 Å². The molecule has 0 atom stereocenters. The van der Waals surface area contributed by atoms with E-state index in [4.69, 9.17) is 0 Å². The molecule has 0 spiro atoms. The molecule has 0 saturated carbocycles. The molecule has 0 radical (unpaired) electrons. The lowest BCUT2D eigenvalue weighted by molar-refractivity contribution is 0.341. The van der Waals surface area contributed by atoms with E-state index >= 15 is 0 Å². The maximum atomic E-state index is 4.18. The van der Waals surface area contributed by atoms with E-state index < -0.39 is 0 Å². The first-order valence-corrected chi connectivity index (χ1v) is 6.49. The lowest BCUT2D eigenvalue weighted by atomic mass is 10.1. The van der Waals surface area contributed by atoms with Crippen molar-refractivity contribution >= 4 is 5.70 Å². The summed E-state index contributed by atoms with van der Waals surface area (Å²) in [6.45, 7) is 14.5. The van der Waals surface area contributed by atoms with Crippen molar-refractivity contribution < 1.29 is 0 Å². The molecular weight excluding hydrogens is 208 g/mol. The van der Waals surface area contributed by atoms with Crippen LogP contribution < -0.4 is 5.32 Å². The minimum absolute atomic E-state index is 1.06. The molecule has 1 aromatic rings. The summed E-state index contributed by atoms with van der Waals surface area (Å²) >= 11 is 0. The molecule has 1 heterocycles. The van der Waals surface area contributed by atoms with E-state index in [0.717, 1.165) is 31.9 Å². The highest BCUT2D eigenvalue weighted by Gasteiger charge is 2.12. The Labute approximate surface area is 105 Å². The minimum atomic E-state index is 1.06. The molecule has 0 aromatic heterocycles. The third-order valence-electron chi connectivity index (χ3n) is 2.88. The maximum Gasteiger partial charge on any atom is 0.0367 e. The van der Waals surface area contributed by atoms with Crippen LogP contribution in [-0.4, -0.2) is 31.1 Å². The molecule has 1 aromatic carbocycles. The fraction of sp³-hybridized carbons (Fsp3) is 0.467. The van der Waals surface area contributed by atoms with E-state index in [0.29, 0.717) is 0 Å². The molecule has 2 nitrogen and oxygen atoms in total. The second-order valence-electron chi connectivity index (χ2n) is 4.05. The third kappa shape index (κ3) is 3.90. The van der Waals surface area contributed by atoms with Gasteiger partial charge in [0, 0.05) is 31.9 Å². The van der Waals surface area contributed by atoms with Crippen molar-refractivity contribution in [2.45, 2.75) is 20.8 Å². The molecule has 0 unspecified atom stereocenters. The first-order valence-electron chi connectivity index (χ1n) is 6.49. The van der Waals surface area contributed by atoms with Crippen molar-refractivity contribution in [1.82, 2.24) is 10.2 Å². The van der Waals surface area contributed by atoms with Crippen LogP contribution in [0.2, 0.25) is 0 Å². The van der Waals surface area contributed by atoms with Crippen LogP contribution in [0.25, 0.3) is 5.70 Å². The second kappa shape index (κ2) is 7.13. The van der Waals surface area contributed by atoms with Crippen LogP contribution in [0.5, 0.6) is 0 Å². The molecule has 94 valence electrons. The smallest absolute Gasteiger partial charge is 0.0367 e. The van der Waals surface area contributed by atoms with Crippen LogP contribution in [0.15, 0.2) is 30.8 Å². The molecule has 0 aliphatic carbocycles. The quantitative estimate of drug-likeness (QED) is 0.843. The van der Waals surface area contributed by atoms with E-state index in [-0.39, 0.29) is 0 Å². The molecule has 17 heavy (non-hydrogen) atoms. The molecule has 0 bridgehead atoms. The van der Waals surface area contributed by atoms with Gasteiger partial charge in [-0.05, 0) is 12.5 Å². The van der Waals surface area contributed by atoms with Gasteiger partial charge in [-0.2, -0.15) is 0 Å². The van der Waals surface area contributed by atoms with Gasteiger partial charge >= 0.3 is 0 Å². The predicted molar refractivity (Wildman–Crippen MR) is 76.0 cm³/mol. The van der Waals surface area contributed by atoms with Gasteiger partial charge in [-0.1, -0.05) is 50.3 Å². The van der Waals surface area contributed by atoms with Gasteiger partial charge in [-0.25, -0.2) is 0 Å². The van der Waals surface area contributed by atoms with Crippen molar-refractivity contribution in [2.24, 2.45) is 0 Å². The summed E-state index contributed by atoms with van der Waals surface area (Å²) in [4.78, 5) is 2.35.